The molecule has 0 aliphatic carbocycles. The van der Waals surface area contributed by atoms with Gasteiger partial charge in [0.1, 0.15) is 19.2 Å². The van der Waals surface area contributed by atoms with Crippen molar-refractivity contribution in [2.45, 2.75) is 26.3 Å². The second kappa shape index (κ2) is 8.95. The number of hydrogen-bond donors (Lipinski definition) is 1. The number of primary amides is 1. The van der Waals surface area contributed by atoms with E-state index >= 15 is 0 Å². The number of rotatable bonds is 8. The molecule has 0 unspecified atom stereocenters. The van der Waals surface area contributed by atoms with E-state index in [1.54, 1.807) is 0 Å². The molecule has 0 saturated carbocycles. The highest BCUT2D eigenvalue weighted by Crippen LogP contribution is 2.13. The smallest absolute Gasteiger partial charge is 0.411 e. The summed E-state index contributed by atoms with van der Waals surface area (Å²) in [4.78, 5) is 35.8. The number of carbonyl (C=O) groups is 3. The number of carbonyl (C=O) groups excluding carboxylic acids is 3. The first-order valence-corrected chi connectivity index (χ1v) is 6.23. The molecule has 0 fully saturated rings. The molecule has 0 rings (SSSR count). The molecule has 0 saturated heterocycles. The predicted octanol–water partition coefficient (Wildman–Crippen LogP) is 0.684. The molecule has 0 radical (unpaired) electrons. The minimum atomic E-state index is -0.925. The van der Waals surface area contributed by atoms with Crippen LogP contribution in [0.1, 0.15) is 20.3 Å². The van der Waals surface area contributed by atoms with Crippen LogP contribution in [0.5, 0.6) is 0 Å². The molecule has 0 aliphatic heterocycles. The minimum Gasteiger partial charge on any atom is -0.468 e. The van der Waals surface area contributed by atoms with Crippen molar-refractivity contribution in [3.8, 4) is 0 Å². The van der Waals surface area contributed by atoms with Gasteiger partial charge in [-0.25, -0.2) is 4.79 Å². The molecule has 0 aliphatic rings. The fourth-order valence-electron chi connectivity index (χ4n) is 1.56. The second-order valence-corrected chi connectivity index (χ2v) is 4.62. The van der Waals surface area contributed by atoms with Crippen molar-refractivity contribution in [3.05, 3.63) is 12.7 Å². The topological polar surface area (TPSA) is 98.9 Å². The normalized spacial score (nSPS) is 11.6. The molecule has 20 heavy (non-hydrogen) atoms. The van der Waals surface area contributed by atoms with Gasteiger partial charge in [0.25, 0.3) is 0 Å². The summed E-state index contributed by atoms with van der Waals surface area (Å²) in [5.41, 5.74) is 5.31. The SMILES string of the molecule is C=CCOC(=O)N(CC(=O)OC)[C@@H](CC(C)C)C(N)=O. The van der Waals surface area contributed by atoms with Crippen molar-refractivity contribution < 1.29 is 23.9 Å². The highest BCUT2D eigenvalue weighted by molar-refractivity contribution is 5.86. The summed E-state index contributed by atoms with van der Waals surface area (Å²) in [5, 5.41) is 0. The molecule has 0 bridgehead atoms. The van der Waals surface area contributed by atoms with Crippen LogP contribution in [0.2, 0.25) is 0 Å². The molecule has 0 aromatic carbocycles. The van der Waals surface area contributed by atoms with E-state index in [1.165, 1.54) is 13.2 Å². The zero-order chi connectivity index (χ0) is 15.7. The molecule has 7 heteroatoms. The van der Waals surface area contributed by atoms with Crippen molar-refractivity contribution in [1.29, 1.82) is 0 Å². The predicted molar refractivity (Wildman–Crippen MR) is 72.7 cm³/mol. The summed E-state index contributed by atoms with van der Waals surface area (Å²) in [6.45, 7) is 6.75. The first-order chi connectivity index (χ1) is 9.33. The van der Waals surface area contributed by atoms with Crippen LogP contribution in [0.25, 0.3) is 0 Å². The Morgan fingerprint density at radius 3 is 2.35 bits per heavy atom. The van der Waals surface area contributed by atoms with Crippen molar-refractivity contribution in [1.82, 2.24) is 4.90 Å². The Kier molecular flexibility index (Phi) is 8.03. The molecule has 2 amide bonds. The van der Waals surface area contributed by atoms with Crippen molar-refractivity contribution in [3.63, 3.8) is 0 Å². The Morgan fingerprint density at radius 1 is 1.35 bits per heavy atom. The third kappa shape index (κ3) is 6.21. The van der Waals surface area contributed by atoms with Crippen LogP contribution in [0.4, 0.5) is 4.79 Å². The lowest BCUT2D eigenvalue weighted by atomic mass is 10.0. The van der Waals surface area contributed by atoms with Crippen LogP contribution in [-0.4, -0.2) is 49.2 Å². The van der Waals surface area contributed by atoms with Gasteiger partial charge < -0.3 is 15.2 Å². The highest BCUT2D eigenvalue weighted by atomic mass is 16.6. The summed E-state index contributed by atoms with van der Waals surface area (Å²) in [6, 6.07) is -0.925. The Morgan fingerprint density at radius 2 is 1.95 bits per heavy atom. The van der Waals surface area contributed by atoms with Gasteiger partial charge in [0.2, 0.25) is 5.91 Å². The zero-order valence-corrected chi connectivity index (χ0v) is 12.1. The molecule has 0 aromatic heterocycles. The van der Waals surface area contributed by atoms with Crippen LogP contribution in [0.15, 0.2) is 12.7 Å². The van der Waals surface area contributed by atoms with E-state index < -0.39 is 30.6 Å². The summed E-state index contributed by atoms with van der Waals surface area (Å²) in [5.74, 6) is -1.24. The maximum Gasteiger partial charge on any atom is 0.411 e. The number of hydrogen-bond acceptors (Lipinski definition) is 5. The lowest BCUT2D eigenvalue weighted by molar-refractivity contribution is -0.142. The molecular formula is C13H22N2O5. The number of esters is 1. The van der Waals surface area contributed by atoms with Gasteiger partial charge in [0.05, 0.1) is 7.11 Å². The first kappa shape index (κ1) is 17.9. The zero-order valence-electron chi connectivity index (χ0n) is 12.1. The van der Waals surface area contributed by atoms with E-state index in [4.69, 9.17) is 10.5 Å². The molecule has 114 valence electrons. The number of nitrogens with two attached hydrogens (primary N) is 1. The van der Waals surface area contributed by atoms with Crippen LogP contribution in [-0.2, 0) is 19.1 Å². The molecule has 2 N–H and O–H groups in total. The van der Waals surface area contributed by atoms with Gasteiger partial charge in [0, 0.05) is 0 Å². The average molecular weight is 286 g/mol. The quantitative estimate of drug-likeness (QED) is 0.522. The molecular weight excluding hydrogens is 264 g/mol. The van der Waals surface area contributed by atoms with Gasteiger partial charge in [-0.15, -0.1) is 0 Å². The van der Waals surface area contributed by atoms with E-state index in [0.717, 1.165) is 4.90 Å². The van der Waals surface area contributed by atoms with Crippen molar-refractivity contribution >= 4 is 18.0 Å². The van der Waals surface area contributed by atoms with Crippen LogP contribution in [0.3, 0.4) is 0 Å². The summed E-state index contributed by atoms with van der Waals surface area (Å²) >= 11 is 0. The largest absolute Gasteiger partial charge is 0.468 e. The minimum absolute atomic E-state index is 0.0241. The van der Waals surface area contributed by atoms with E-state index in [-0.39, 0.29) is 12.5 Å². The van der Waals surface area contributed by atoms with Crippen LogP contribution < -0.4 is 5.73 Å². The maximum atomic E-state index is 11.9. The monoisotopic (exact) mass is 286 g/mol. The van der Waals surface area contributed by atoms with Gasteiger partial charge in [-0.2, -0.15) is 0 Å². The van der Waals surface area contributed by atoms with Crippen LogP contribution in [0, 0.1) is 5.92 Å². The molecule has 7 nitrogen and oxygen atoms in total. The number of nitrogens with zero attached hydrogens (tertiary/aromatic N) is 1. The maximum absolute atomic E-state index is 11.9. The van der Waals surface area contributed by atoms with E-state index in [0.29, 0.717) is 6.42 Å². The van der Waals surface area contributed by atoms with E-state index in [1.807, 2.05) is 13.8 Å². The second-order valence-electron chi connectivity index (χ2n) is 4.62. The third-order valence-electron chi connectivity index (χ3n) is 2.49. The number of amides is 2. The molecule has 1 atom stereocenters. The molecule has 0 aromatic rings. The summed E-state index contributed by atoms with van der Waals surface area (Å²) < 4.78 is 9.37. The van der Waals surface area contributed by atoms with Gasteiger partial charge >= 0.3 is 12.1 Å². The molecule has 0 heterocycles. The Balaban J connectivity index is 5.11. The van der Waals surface area contributed by atoms with Crippen molar-refractivity contribution in [2.75, 3.05) is 20.3 Å². The van der Waals surface area contributed by atoms with E-state index in [9.17, 15) is 14.4 Å². The standard InChI is InChI=1S/C13H22N2O5/c1-5-6-20-13(18)15(8-11(16)19-4)10(12(14)17)7-9(2)3/h5,9-10H,1,6-8H2,2-4H3,(H2,14,17)/t10-/m0/s1. The van der Waals surface area contributed by atoms with Gasteiger partial charge in [0.15, 0.2) is 0 Å². The Labute approximate surface area is 118 Å². The van der Waals surface area contributed by atoms with Gasteiger partial charge in [-0.05, 0) is 12.3 Å². The van der Waals surface area contributed by atoms with Crippen molar-refractivity contribution in [2.24, 2.45) is 11.7 Å². The van der Waals surface area contributed by atoms with Crippen LogP contribution >= 0.6 is 0 Å². The fourth-order valence-corrected chi connectivity index (χ4v) is 1.56. The lowest BCUT2D eigenvalue weighted by Crippen LogP contribution is -2.51. The van der Waals surface area contributed by atoms with E-state index in [2.05, 4.69) is 11.3 Å². The van der Waals surface area contributed by atoms with Gasteiger partial charge in [-0.1, -0.05) is 26.5 Å². The lowest BCUT2D eigenvalue weighted by Gasteiger charge is -2.28. The highest BCUT2D eigenvalue weighted by Gasteiger charge is 2.31. The third-order valence-corrected chi connectivity index (χ3v) is 2.49. The average Bonchev–Trinajstić information content (AvgIpc) is 2.38. The Hall–Kier alpha value is -2.05. The fraction of sp³-hybridized carbons (Fsp3) is 0.615. The Bertz CT molecular complexity index is 368. The number of ether oxygens (including phenoxy) is 2. The summed E-state index contributed by atoms with van der Waals surface area (Å²) in [6.07, 6.45) is 0.908. The number of methoxy groups -OCH3 is 1. The van der Waals surface area contributed by atoms with Gasteiger partial charge in [-0.3, -0.25) is 14.5 Å². The first-order valence-electron chi connectivity index (χ1n) is 6.23. The molecule has 0 spiro atoms. The summed E-state index contributed by atoms with van der Waals surface area (Å²) in [7, 11) is 1.19.